The molecule has 122 valence electrons. The van der Waals surface area contributed by atoms with Crippen LogP contribution >= 0.6 is 11.6 Å². The molecule has 2 aromatic carbocycles. The van der Waals surface area contributed by atoms with E-state index < -0.39 is 14.9 Å². The molecular weight excluding hydrogens is 344 g/mol. The molecule has 9 heteroatoms. The number of nitro benzene ring substituents is 1. The summed E-state index contributed by atoms with van der Waals surface area (Å²) in [7, 11) is -2.62. The van der Waals surface area contributed by atoms with Gasteiger partial charge in [-0.25, -0.2) is 8.42 Å². The van der Waals surface area contributed by atoms with Gasteiger partial charge >= 0.3 is 0 Å². The molecule has 2 aromatic rings. The SMILES string of the molecule is COc1ccc(Cl)cc1S(=O)(=O)Nc1ccc([N+](=O)[O-])cc1C. The largest absolute Gasteiger partial charge is 0.495 e. The number of ether oxygens (including phenoxy) is 1. The highest BCUT2D eigenvalue weighted by molar-refractivity contribution is 7.92. The van der Waals surface area contributed by atoms with Crippen molar-refractivity contribution in [2.24, 2.45) is 0 Å². The Hall–Kier alpha value is -2.32. The number of benzene rings is 2. The van der Waals surface area contributed by atoms with E-state index in [1.54, 1.807) is 6.92 Å². The van der Waals surface area contributed by atoms with E-state index >= 15 is 0 Å². The van der Waals surface area contributed by atoms with Crippen molar-refractivity contribution in [2.45, 2.75) is 11.8 Å². The third-order valence-corrected chi connectivity index (χ3v) is 4.70. The maximum atomic E-state index is 12.5. The number of anilines is 1. The van der Waals surface area contributed by atoms with Gasteiger partial charge in [0.05, 0.1) is 17.7 Å². The van der Waals surface area contributed by atoms with Crippen LogP contribution in [0.25, 0.3) is 0 Å². The first-order valence-corrected chi connectivity index (χ1v) is 8.22. The van der Waals surface area contributed by atoms with E-state index in [9.17, 15) is 18.5 Å². The summed E-state index contributed by atoms with van der Waals surface area (Å²) in [5.41, 5.74) is 0.534. The van der Waals surface area contributed by atoms with Crippen molar-refractivity contribution in [3.63, 3.8) is 0 Å². The van der Waals surface area contributed by atoms with Crippen LogP contribution < -0.4 is 9.46 Å². The van der Waals surface area contributed by atoms with Crippen LogP contribution in [0, 0.1) is 17.0 Å². The minimum absolute atomic E-state index is 0.120. The minimum Gasteiger partial charge on any atom is -0.495 e. The van der Waals surface area contributed by atoms with Crippen LogP contribution in [0.1, 0.15) is 5.56 Å². The number of sulfonamides is 1. The quantitative estimate of drug-likeness (QED) is 0.654. The number of methoxy groups -OCH3 is 1. The third-order valence-electron chi connectivity index (χ3n) is 3.08. The minimum atomic E-state index is -3.96. The molecule has 0 unspecified atom stereocenters. The highest BCUT2D eigenvalue weighted by Gasteiger charge is 2.21. The second-order valence-electron chi connectivity index (χ2n) is 4.66. The lowest BCUT2D eigenvalue weighted by atomic mass is 10.2. The summed E-state index contributed by atoms with van der Waals surface area (Å²) < 4.78 is 32.5. The Morgan fingerprint density at radius 1 is 1.22 bits per heavy atom. The van der Waals surface area contributed by atoms with Crippen LogP contribution in [0.15, 0.2) is 41.3 Å². The number of non-ortho nitro benzene ring substituents is 1. The molecule has 0 aliphatic heterocycles. The second kappa shape index (κ2) is 6.43. The van der Waals surface area contributed by atoms with Gasteiger partial charge in [-0.3, -0.25) is 14.8 Å². The zero-order chi connectivity index (χ0) is 17.2. The molecule has 0 saturated heterocycles. The molecule has 0 fully saturated rings. The first kappa shape index (κ1) is 17.0. The van der Waals surface area contributed by atoms with Gasteiger partial charge in [0.15, 0.2) is 0 Å². The Bertz CT molecular complexity index is 867. The monoisotopic (exact) mass is 356 g/mol. The normalized spacial score (nSPS) is 11.1. The molecule has 0 aromatic heterocycles. The van der Waals surface area contributed by atoms with E-state index in [1.165, 1.54) is 43.5 Å². The van der Waals surface area contributed by atoms with E-state index in [4.69, 9.17) is 16.3 Å². The van der Waals surface area contributed by atoms with Crippen molar-refractivity contribution in [3.05, 3.63) is 57.1 Å². The predicted molar refractivity (Wildman–Crippen MR) is 86.6 cm³/mol. The van der Waals surface area contributed by atoms with Crippen LogP contribution in [-0.4, -0.2) is 20.5 Å². The molecule has 1 N–H and O–H groups in total. The Kier molecular flexibility index (Phi) is 4.76. The van der Waals surface area contributed by atoms with Gasteiger partial charge in [-0.2, -0.15) is 0 Å². The number of aryl methyl sites for hydroxylation is 1. The van der Waals surface area contributed by atoms with E-state index in [2.05, 4.69) is 4.72 Å². The topological polar surface area (TPSA) is 98.5 Å². The van der Waals surface area contributed by atoms with E-state index in [-0.39, 0.29) is 27.0 Å². The Labute approximate surface area is 138 Å². The maximum Gasteiger partial charge on any atom is 0.269 e. The summed E-state index contributed by atoms with van der Waals surface area (Å²) in [6.45, 7) is 1.57. The molecule has 0 saturated carbocycles. The van der Waals surface area contributed by atoms with Gasteiger partial charge in [0.1, 0.15) is 10.6 Å². The number of rotatable bonds is 5. The molecule has 0 radical (unpaired) electrons. The predicted octanol–water partition coefficient (Wildman–Crippen LogP) is 3.37. The fraction of sp³-hybridized carbons (Fsp3) is 0.143. The fourth-order valence-corrected chi connectivity index (χ4v) is 3.50. The highest BCUT2D eigenvalue weighted by Crippen LogP contribution is 2.30. The number of hydrogen-bond donors (Lipinski definition) is 1. The van der Waals surface area contributed by atoms with Gasteiger partial charge in [0.25, 0.3) is 15.7 Å². The van der Waals surface area contributed by atoms with Crippen molar-refractivity contribution in [3.8, 4) is 5.75 Å². The second-order valence-corrected chi connectivity index (χ2v) is 6.74. The van der Waals surface area contributed by atoms with Crippen LogP contribution in [-0.2, 0) is 10.0 Å². The van der Waals surface area contributed by atoms with Gasteiger partial charge in [0.2, 0.25) is 0 Å². The lowest BCUT2D eigenvalue weighted by molar-refractivity contribution is -0.384. The van der Waals surface area contributed by atoms with Gasteiger partial charge < -0.3 is 4.74 Å². The van der Waals surface area contributed by atoms with E-state index in [0.717, 1.165) is 0 Å². The number of nitro groups is 1. The van der Waals surface area contributed by atoms with Crippen LogP contribution in [0.2, 0.25) is 5.02 Å². The van der Waals surface area contributed by atoms with Gasteiger partial charge in [0, 0.05) is 17.2 Å². The molecule has 0 atom stereocenters. The lowest BCUT2D eigenvalue weighted by Crippen LogP contribution is -2.15. The zero-order valence-corrected chi connectivity index (χ0v) is 13.8. The lowest BCUT2D eigenvalue weighted by Gasteiger charge is -2.13. The molecule has 23 heavy (non-hydrogen) atoms. The van der Waals surface area contributed by atoms with Crippen LogP contribution in [0.3, 0.4) is 0 Å². The average molecular weight is 357 g/mol. The molecule has 0 spiro atoms. The first-order valence-electron chi connectivity index (χ1n) is 6.36. The summed E-state index contributed by atoms with van der Waals surface area (Å²) in [6, 6.07) is 8.06. The summed E-state index contributed by atoms with van der Waals surface area (Å²) in [5.74, 6) is 0.140. The maximum absolute atomic E-state index is 12.5. The summed E-state index contributed by atoms with van der Waals surface area (Å²) in [5, 5.41) is 11.0. The molecule has 0 bridgehead atoms. The average Bonchev–Trinajstić information content (AvgIpc) is 2.49. The molecule has 0 heterocycles. The summed E-state index contributed by atoms with van der Waals surface area (Å²) in [6.07, 6.45) is 0. The number of halogens is 1. The smallest absolute Gasteiger partial charge is 0.269 e. The summed E-state index contributed by atoms with van der Waals surface area (Å²) in [4.78, 5) is 10.1. The first-order chi connectivity index (χ1) is 10.7. The Morgan fingerprint density at radius 3 is 2.48 bits per heavy atom. The Morgan fingerprint density at radius 2 is 1.91 bits per heavy atom. The van der Waals surface area contributed by atoms with Crippen molar-refractivity contribution < 1.29 is 18.1 Å². The van der Waals surface area contributed by atoms with Gasteiger partial charge in [-0.05, 0) is 36.8 Å². The van der Waals surface area contributed by atoms with Gasteiger partial charge in [-0.1, -0.05) is 11.6 Å². The molecular formula is C14H13ClN2O5S. The molecule has 0 aliphatic carbocycles. The fourth-order valence-electron chi connectivity index (χ4n) is 1.94. The number of hydrogen-bond acceptors (Lipinski definition) is 5. The van der Waals surface area contributed by atoms with E-state index in [0.29, 0.717) is 5.56 Å². The molecule has 0 aliphatic rings. The molecule has 7 nitrogen and oxygen atoms in total. The van der Waals surface area contributed by atoms with E-state index in [1.807, 2.05) is 0 Å². The third kappa shape index (κ3) is 3.72. The highest BCUT2D eigenvalue weighted by atomic mass is 35.5. The zero-order valence-electron chi connectivity index (χ0n) is 12.2. The standard InChI is InChI=1S/C14H13ClN2O5S/c1-9-7-11(17(18)19)4-5-12(9)16-23(20,21)14-8-10(15)3-6-13(14)22-2/h3-8,16H,1-2H3. The Balaban J connectivity index is 2.43. The number of nitrogens with one attached hydrogen (secondary N) is 1. The van der Waals surface area contributed by atoms with Crippen LogP contribution in [0.5, 0.6) is 5.75 Å². The number of nitrogens with zero attached hydrogens (tertiary/aromatic N) is 1. The van der Waals surface area contributed by atoms with Crippen molar-refractivity contribution in [1.82, 2.24) is 0 Å². The molecule has 2 rings (SSSR count). The van der Waals surface area contributed by atoms with Crippen molar-refractivity contribution in [1.29, 1.82) is 0 Å². The van der Waals surface area contributed by atoms with Crippen LogP contribution in [0.4, 0.5) is 11.4 Å². The van der Waals surface area contributed by atoms with Crippen molar-refractivity contribution in [2.75, 3.05) is 11.8 Å². The van der Waals surface area contributed by atoms with Crippen molar-refractivity contribution >= 4 is 33.0 Å². The molecule has 0 amide bonds. The van der Waals surface area contributed by atoms with Gasteiger partial charge in [-0.15, -0.1) is 0 Å². The summed E-state index contributed by atoms with van der Waals surface area (Å²) >= 11 is 5.85.